The highest BCUT2D eigenvalue weighted by Gasteiger charge is 2.27. The molecule has 1 atom stereocenters. The van der Waals surface area contributed by atoms with Gasteiger partial charge in [0.15, 0.2) is 0 Å². The largest absolute Gasteiger partial charge is 0.358 e. The molecule has 106 valence electrons. The van der Waals surface area contributed by atoms with Gasteiger partial charge in [-0.1, -0.05) is 20.8 Å². The summed E-state index contributed by atoms with van der Waals surface area (Å²) in [6, 6.07) is 0. The number of hydrogen-bond donors (Lipinski definition) is 2. The van der Waals surface area contributed by atoms with E-state index < -0.39 is 0 Å². The fourth-order valence-corrected chi connectivity index (χ4v) is 1.87. The lowest BCUT2D eigenvalue weighted by atomic mass is 9.84. The van der Waals surface area contributed by atoms with E-state index in [0.29, 0.717) is 13.1 Å². The molecule has 5 heteroatoms. The van der Waals surface area contributed by atoms with Crippen LogP contribution in [0.15, 0.2) is 0 Å². The van der Waals surface area contributed by atoms with Gasteiger partial charge in [-0.2, -0.15) is 0 Å². The van der Waals surface area contributed by atoms with Crippen LogP contribution in [0.5, 0.6) is 0 Å². The molecule has 18 heavy (non-hydrogen) atoms. The van der Waals surface area contributed by atoms with Gasteiger partial charge in [-0.15, -0.1) is 0 Å². The van der Waals surface area contributed by atoms with Gasteiger partial charge in [0.25, 0.3) is 0 Å². The topological polar surface area (TPSA) is 75.4 Å². The summed E-state index contributed by atoms with van der Waals surface area (Å²) in [5.74, 6) is -0.398. The van der Waals surface area contributed by atoms with Crippen LogP contribution in [0.2, 0.25) is 0 Å². The highest BCUT2D eigenvalue weighted by molar-refractivity contribution is 5.85. The molecular formula is C13H27N3O2. The van der Waals surface area contributed by atoms with Crippen molar-refractivity contribution in [1.82, 2.24) is 10.2 Å². The lowest BCUT2D eigenvalue weighted by molar-refractivity contribution is -0.139. The summed E-state index contributed by atoms with van der Waals surface area (Å²) < 4.78 is 0. The van der Waals surface area contributed by atoms with E-state index in [4.69, 9.17) is 5.73 Å². The lowest BCUT2D eigenvalue weighted by Gasteiger charge is -2.29. The molecule has 3 N–H and O–H groups in total. The molecule has 0 aromatic carbocycles. The second kappa shape index (κ2) is 7.36. The van der Waals surface area contributed by atoms with Crippen LogP contribution in [0, 0.1) is 11.3 Å². The molecule has 0 aliphatic heterocycles. The highest BCUT2D eigenvalue weighted by atomic mass is 16.2. The van der Waals surface area contributed by atoms with E-state index in [-0.39, 0.29) is 29.7 Å². The Bertz CT molecular complexity index is 284. The van der Waals surface area contributed by atoms with E-state index in [1.54, 1.807) is 11.9 Å². The van der Waals surface area contributed by atoms with Crippen LogP contribution in [-0.2, 0) is 9.59 Å². The van der Waals surface area contributed by atoms with Gasteiger partial charge in [0, 0.05) is 20.1 Å². The molecule has 0 saturated carbocycles. The Balaban J connectivity index is 4.68. The molecule has 0 saturated heterocycles. The molecule has 0 heterocycles. The lowest BCUT2D eigenvalue weighted by Crippen LogP contribution is -2.45. The third-order valence-electron chi connectivity index (χ3n) is 2.80. The molecule has 2 amide bonds. The fourth-order valence-electron chi connectivity index (χ4n) is 1.87. The van der Waals surface area contributed by atoms with Gasteiger partial charge in [-0.05, 0) is 18.8 Å². The smallest absolute Gasteiger partial charge is 0.239 e. The normalized spacial score (nSPS) is 13.0. The number of carbonyl (C=O) groups is 2. The highest BCUT2D eigenvalue weighted by Crippen LogP contribution is 2.25. The van der Waals surface area contributed by atoms with Gasteiger partial charge >= 0.3 is 0 Å². The molecule has 1 unspecified atom stereocenters. The number of hydrogen-bond acceptors (Lipinski definition) is 3. The molecule has 0 aliphatic carbocycles. The first-order chi connectivity index (χ1) is 8.25. The Morgan fingerprint density at radius 1 is 1.33 bits per heavy atom. The summed E-state index contributed by atoms with van der Waals surface area (Å²) in [5.41, 5.74) is 5.74. The van der Waals surface area contributed by atoms with Crippen LogP contribution >= 0.6 is 0 Å². The predicted octanol–water partition coefficient (Wildman–Crippen LogP) is 0.592. The SMILES string of the molecule is CCN(CC(=O)NC)C(=O)C(CN)CC(C)(C)C. The minimum absolute atomic E-state index is 0.0291. The van der Waals surface area contributed by atoms with Crippen molar-refractivity contribution >= 4 is 11.8 Å². The van der Waals surface area contributed by atoms with Crippen molar-refractivity contribution in [2.24, 2.45) is 17.1 Å². The molecule has 0 spiro atoms. The van der Waals surface area contributed by atoms with Crippen LogP contribution in [0.1, 0.15) is 34.1 Å². The predicted molar refractivity (Wildman–Crippen MR) is 72.9 cm³/mol. The first-order valence-electron chi connectivity index (χ1n) is 6.44. The van der Waals surface area contributed by atoms with Crippen LogP contribution in [0.3, 0.4) is 0 Å². The van der Waals surface area contributed by atoms with Crippen molar-refractivity contribution in [2.45, 2.75) is 34.1 Å². The third-order valence-corrected chi connectivity index (χ3v) is 2.80. The molecule has 0 bridgehead atoms. The van der Waals surface area contributed by atoms with E-state index >= 15 is 0 Å². The maximum Gasteiger partial charge on any atom is 0.239 e. The Labute approximate surface area is 110 Å². The number of likely N-dealkylation sites (N-methyl/N-ethyl adjacent to an activating group) is 2. The van der Waals surface area contributed by atoms with Crippen LogP contribution in [-0.4, -0.2) is 43.4 Å². The third kappa shape index (κ3) is 6.00. The monoisotopic (exact) mass is 257 g/mol. The van der Waals surface area contributed by atoms with Crippen molar-refractivity contribution in [3.05, 3.63) is 0 Å². The average molecular weight is 257 g/mol. The molecule has 5 nitrogen and oxygen atoms in total. The molecule has 0 aromatic rings. The Morgan fingerprint density at radius 2 is 1.89 bits per heavy atom. The van der Waals surface area contributed by atoms with Gasteiger partial charge in [0.2, 0.25) is 11.8 Å². The summed E-state index contributed by atoms with van der Waals surface area (Å²) in [6.07, 6.45) is 0.729. The van der Waals surface area contributed by atoms with Gasteiger partial charge in [0.05, 0.1) is 12.5 Å². The molecular weight excluding hydrogens is 230 g/mol. The first kappa shape index (κ1) is 16.9. The standard InChI is InChI=1S/C13H27N3O2/c1-6-16(9-11(17)15-5)12(18)10(8-14)7-13(2,3)4/h10H,6-9,14H2,1-5H3,(H,15,17). The van der Waals surface area contributed by atoms with Crippen LogP contribution in [0.4, 0.5) is 0 Å². The van der Waals surface area contributed by atoms with Gasteiger partial charge < -0.3 is 16.0 Å². The molecule has 0 rings (SSSR count). The van der Waals surface area contributed by atoms with E-state index in [0.717, 1.165) is 6.42 Å². The number of nitrogens with zero attached hydrogens (tertiary/aromatic N) is 1. The molecule has 0 fully saturated rings. The fraction of sp³-hybridized carbons (Fsp3) is 0.846. The molecule has 0 aliphatic rings. The molecule has 0 radical (unpaired) electrons. The zero-order valence-corrected chi connectivity index (χ0v) is 12.2. The summed E-state index contributed by atoms with van der Waals surface area (Å²) >= 11 is 0. The Morgan fingerprint density at radius 3 is 2.22 bits per heavy atom. The number of nitrogens with one attached hydrogen (secondary N) is 1. The summed E-state index contributed by atoms with van der Waals surface area (Å²) in [5, 5.41) is 2.53. The van der Waals surface area contributed by atoms with Crippen LogP contribution < -0.4 is 11.1 Å². The number of rotatable bonds is 6. The molecule has 0 aromatic heterocycles. The zero-order chi connectivity index (χ0) is 14.3. The average Bonchev–Trinajstić information content (AvgIpc) is 2.30. The number of amides is 2. The number of carbonyl (C=O) groups excluding carboxylic acids is 2. The maximum atomic E-state index is 12.3. The van der Waals surface area contributed by atoms with Crippen LogP contribution in [0.25, 0.3) is 0 Å². The summed E-state index contributed by atoms with van der Waals surface area (Å²) in [6.45, 7) is 9.05. The van der Waals surface area contributed by atoms with Crippen molar-refractivity contribution in [2.75, 3.05) is 26.7 Å². The minimum atomic E-state index is -0.213. The zero-order valence-electron chi connectivity index (χ0n) is 12.2. The second-order valence-electron chi connectivity index (χ2n) is 5.72. The van der Waals surface area contributed by atoms with Gasteiger partial charge in [-0.3, -0.25) is 9.59 Å². The van der Waals surface area contributed by atoms with Crippen molar-refractivity contribution in [1.29, 1.82) is 0 Å². The second-order valence-corrected chi connectivity index (χ2v) is 5.72. The van der Waals surface area contributed by atoms with Crippen molar-refractivity contribution in [3.63, 3.8) is 0 Å². The van der Waals surface area contributed by atoms with Gasteiger partial charge in [-0.25, -0.2) is 0 Å². The minimum Gasteiger partial charge on any atom is -0.358 e. The quantitative estimate of drug-likeness (QED) is 0.731. The van der Waals surface area contributed by atoms with E-state index in [1.165, 1.54) is 0 Å². The van der Waals surface area contributed by atoms with Crippen molar-refractivity contribution < 1.29 is 9.59 Å². The van der Waals surface area contributed by atoms with Crippen molar-refractivity contribution in [3.8, 4) is 0 Å². The summed E-state index contributed by atoms with van der Waals surface area (Å²) in [4.78, 5) is 25.2. The first-order valence-corrected chi connectivity index (χ1v) is 6.44. The summed E-state index contributed by atoms with van der Waals surface area (Å²) in [7, 11) is 1.57. The van der Waals surface area contributed by atoms with E-state index in [1.807, 2.05) is 6.92 Å². The van der Waals surface area contributed by atoms with E-state index in [2.05, 4.69) is 26.1 Å². The Kier molecular flexibility index (Phi) is 6.91. The van der Waals surface area contributed by atoms with E-state index in [9.17, 15) is 9.59 Å². The number of nitrogens with two attached hydrogens (primary N) is 1. The Hall–Kier alpha value is -1.10. The van der Waals surface area contributed by atoms with Gasteiger partial charge in [0.1, 0.15) is 0 Å². The maximum absolute atomic E-state index is 12.3.